The van der Waals surface area contributed by atoms with Crippen LogP contribution in [0.25, 0.3) is 0 Å². The molecular formula is C16H27N3O4. The molecule has 0 aromatic heterocycles. The van der Waals surface area contributed by atoms with Crippen molar-refractivity contribution in [1.29, 1.82) is 0 Å². The summed E-state index contributed by atoms with van der Waals surface area (Å²) in [5.74, 6) is -0.152. The molecule has 0 aliphatic carbocycles. The van der Waals surface area contributed by atoms with E-state index >= 15 is 0 Å². The summed E-state index contributed by atoms with van der Waals surface area (Å²) in [6.07, 6.45) is 2.62. The standard InChI is InChI=1S/C16H27N3O4/c1-2-23-16(22)5-7-18-9-10-19(15(21)12-18)8-4-13-11-17-6-3-14(13)20/h4,14,17,20H,2-3,5-12H2,1H3/b13-4+. The molecule has 2 aliphatic rings. The molecule has 23 heavy (non-hydrogen) atoms. The first-order valence-corrected chi connectivity index (χ1v) is 8.33. The number of carbonyl (C=O) groups excluding carboxylic acids is 2. The zero-order chi connectivity index (χ0) is 16.7. The molecule has 0 saturated carbocycles. The number of aliphatic hydroxyl groups excluding tert-OH is 1. The van der Waals surface area contributed by atoms with Crippen LogP contribution in [0, 0.1) is 0 Å². The molecule has 2 rings (SSSR count). The minimum absolute atomic E-state index is 0.0650. The van der Waals surface area contributed by atoms with Crippen molar-refractivity contribution in [2.75, 3.05) is 52.4 Å². The lowest BCUT2D eigenvalue weighted by atomic mass is 10.0. The molecule has 1 atom stereocenters. The van der Waals surface area contributed by atoms with E-state index in [0.29, 0.717) is 45.8 Å². The summed E-state index contributed by atoms with van der Waals surface area (Å²) in [4.78, 5) is 27.3. The Hall–Kier alpha value is -1.44. The van der Waals surface area contributed by atoms with Gasteiger partial charge in [-0.15, -0.1) is 0 Å². The fraction of sp³-hybridized carbons (Fsp3) is 0.750. The molecule has 2 N–H and O–H groups in total. The highest BCUT2D eigenvalue weighted by atomic mass is 16.5. The molecule has 2 heterocycles. The van der Waals surface area contributed by atoms with Gasteiger partial charge in [0.15, 0.2) is 0 Å². The molecule has 7 heteroatoms. The summed E-state index contributed by atoms with van der Waals surface area (Å²) in [6.45, 7) is 6.54. The predicted molar refractivity (Wildman–Crippen MR) is 85.8 cm³/mol. The van der Waals surface area contributed by atoms with Crippen LogP contribution in [0.1, 0.15) is 19.8 Å². The van der Waals surface area contributed by atoms with E-state index in [1.165, 1.54) is 0 Å². The van der Waals surface area contributed by atoms with Gasteiger partial charge in [-0.25, -0.2) is 0 Å². The molecule has 1 amide bonds. The topological polar surface area (TPSA) is 82.1 Å². The van der Waals surface area contributed by atoms with Gasteiger partial charge >= 0.3 is 5.97 Å². The summed E-state index contributed by atoms with van der Waals surface area (Å²) in [7, 11) is 0. The van der Waals surface area contributed by atoms with Crippen LogP contribution >= 0.6 is 0 Å². The third-order valence-electron chi connectivity index (χ3n) is 4.26. The molecule has 2 fully saturated rings. The van der Waals surface area contributed by atoms with Crippen molar-refractivity contribution in [3.8, 4) is 0 Å². The summed E-state index contributed by atoms with van der Waals surface area (Å²) in [6, 6.07) is 0. The van der Waals surface area contributed by atoms with Crippen molar-refractivity contribution in [2.24, 2.45) is 0 Å². The second kappa shape index (κ2) is 9.00. The van der Waals surface area contributed by atoms with Crippen LogP contribution in [0.15, 0.2) is 11.6 Å². The number of hydrogen-bond donors (Lipinski definition) is 2. The monoisotopic (exact) mass is 325 g/mol. The summed E-state index contributed by atoms with van der Waals surface area (Å²) < 4.78 is 4.90. The number of ether oxygens (including phenoxy) is 1. The lowest BCUT2D eigenvalue weighted by molar-refractivity contribution is -0.144. The second-order valence-electron chi connectivity index (χ2n) is 5.93. The summed E-state index contributed by atoms with van der Waals surface area (Å²) in [5, 5.41) is 13.1. The van der Waals surface area contributed by atoms with Crippen molar-refractivity contribution < 1.29 is 19.4 Å². The van der Waals surface area contributed by atoms with Gasteiger partial charge in [0.1, 0.15) is 0 Å². The lowest BCUT2D eigenvalue weighted by Crippen LogP contribution is -2.50. The van der Waals surface area contributed by atoms with Crippen LogP contribution in [0.4, 0.5) is 0 Å². The number of aliphatic hydroxyl groups is 1. The van der Waals surface area contributed by atoms with Crippen molar-refractivity contribution in [3.63, 3.8) is 0 Å². The van der Waals surface area contributed by atoms with Gasteiger partial charge in [-0.2, -0.15) is 0 Å². The van der Waals surface area contributed by atoms with E-state index in [1.807, 2.05) is 11.0 Å². The van der Waals surface area contributed by atoms with Gasteiger partial charge in [0.2, 0.25) is 5.91 Å². The van der Waals surface area contributed by atoms with Gasteiger partial charge in [-0.05, 0) is 25.5 Å². The molecule has 130 valence electrons. The van der Waals surface area contributed by atoms with Crippen LogP contribution < -0.4 is 5.32 Å². The summed E-state index contributed by atoms with van der Waals surface area (Å²) >= 11 is 0. The number of esters is 1. The SMILES string of the molecule is CCOC(=O)CCN1CCN(C/C=C2\CNCCC2O)C(=O)C1. The highest BCUT2D eigenvalue weighted by molar-refractivity contribution is 5.79. The van der Waals surface area contributed by atoms with E-state index in [4.69, 9.17) is 4.74 Å². The number of hydrogen-bond acceptors (Lipinski definition) is 6. The first kappa shape index (κ1) is 17.9. The van der Waals surface area contributed by atoms with Crippen LogP contribution in [-0.2, 0) is 14.3 Å². The minimum Gasteiger partial charge on any atom is -0.466 e. The maximum atomic E-state index is 12.2. The molecule has 2 saturated heterocycles. The van der Waals surface area contributed by atoms with Crippen LogP contribution in [0.2, 0.25) is 0 Å². The molecule has 1 unspecified atom stereocenters. The third kappa shape index (κ3) is 5.60. The molecule has 0 aromatic carbocycles. The molecule has 0 bridgehead atoms. The largest absolute Gasteiger partial charge is 0.466 e. The first-order valence-electron chi connectivity index (χ1n) is 8.33. The van der Waals surface area contributed by atoms with Gasteiger partial charge < -0.3 is 20.1 Å². The first-order chi connectivity index (χ1) is 11.1. The highest BCUT2D eigenvalue weighted by Gasteiger charge is 2.24. The number of carbonyl (C=O) groups is 2. The molecule has 0 radical (unpaired) electrons. The fourth-order valence-corrected chi connectivity index (χ4v) is 2.83. The van der Waals surface area contributed by atoms with E-state index in [2.05, 4.69) is 5.32 Å². The Morgan fingerprint density at radius 1 is 1.48 bits per heavy atom. The maximum Gasteiger partial charge on any atom is 0.307 e. The van der Waals surface area contributed by atoms with Crippen LogP contribution in [0.5, 0.6) is 0 Å². The Kier molecular flexibility index (Phi) is 7.01. The van der Waals surface area contributed by atoms with Gasteiger partial charge in [0.05, 0.1) is 25.7 Å². The number of rotatable bonds is 6. The Bertz CT molecular complexity index is 453. The normalized spacial score (nSPS) is 25.0. The zero-order valence-corrected chi connectivity index (χ0v) is 13.8. The van der Waals surface area contributed by atoms with Crippen LogP contribution in [-0.4, -0.2) is 85.3 Å². The lowest BCUT2D eigenvalue weighted by Gasteiger charge is -2.34. The number of amides is 1. The zero-order valence-electron chi connectivity index (χ0n) is 13.8. The number of piperazine rings is 1. The van der Waals surface area contributed by atoms with E-state index in [1.54, 1.807) is 11.8 Å². The Morgan fingerprint density at radius 2 is 2.30 bits per heavy atom. The molecule has 0 aromatic rings. The van der Waals surface area contributed by atoms with Gasteiger partial charge in [-0.3, -0.25) is 14.5 Å². The average Bonchev–Trinajstić information content (AvgIpc) is 2.54. The fourth-order valence-electron chi connectivity index (χ4n) is 2.83. The molecule has 7 nitrogen and oxygen atoms in total. The van der Waals surface area contributed by atoms with Gasteiger partial charge in [0, 0.05) is 32.7 Å². The minimum atomic E-state index is -0.391. The van der Waals surface area contributed by atoms with Crippen molar-refractivity contribution in [2.45, 2.75) is 25.9 Å². The highest BCUT2D eigenvalue weighted by Crippen LogP contribution is 2.11. The number of nitrogens with zero attached hydrogens (tertiary/aromatic N) is 2. The summed E-state index contributed by atoms with van der Waals surface area (Å²) in [5.41, 5.74) is 0.966. The number of piperidine rings is 1. The second-order valence-corrected chi connectivity index (χ2v) is 5.93. The molecular weight excluding hydrogens is 298 g/mol. The Labute approximate surface area is 137 Å². The Morgan fingerprint density at radius 3 is 3.00 bits per heavy atom. The number of nitrogens with one attached hydrogen (secondary N) is 1. The predicted octanol–water partition coefficient (Wildman–Crippen LogP) is -0.636. The van der Waals surface area contributed by atoms with Crippen LogP contribution in [0.3, 0.4) is 0 Å². The van der Waals surface area contributed by atoms with Crippen molar-refractivity contribution in [1.82, 2.24) is 15.1 Å². The van der Waals surface area contributed by atoms with E-state index in [9.17, 15) is 14.7 Å². The van der Waals surface area contributed by atoms with E-state index in [0.717, 1.165) is 25.1 Å². The maximum absolute atomic E-state index is 12.2. The third-order valence-corrected chi connectivity index (χ3v) is 4.26. The van der Waals surface area contributed by atoms with Crippen molar-refractivity contribution in [3.05, 3.63) is 11.6 Å². The van der Waals surface area contributed by atoms with E-state index < -0.39 is 6.10 Å². The van der Waals surface area contributed by atoms with Gasteiger partial charge in [-0.1, -0.05) is 6.08 Å². The molecule has 2 aliphatic heterocycles. The van der Waals surface area contributed by atoms with Gasteiger partial charge in [0.25, 0.3) is 0 Å². The average molecular weight is 325 g/mol. The molecule has 0 spiro atoms. The smallest absolute Gasteiger partial charge is 0.307 e. The van der Waals surface area contributed by atoms with E-state index in [-0.39, 0.29) is 11.9 Å². The quantitative estimate of drug-likeness (QED) is 0.500. The van der Waals surface area contributed by atoms with Crippen molar-refractivity contribution >= 4 is 11.9 Å². The Balaban J connectivity index is 1.74.